The molecule has 0 aliphatic heterocycles. The first kappa shape index (κ1) is 22.4. The van der Waals surface area contributed by atoms with Crippen LogP contribution in [0.15, 0.2) is 56.2 Å². The van der Waals surface area contributed by atoms with Gasteiger partial charge in [0.05, 0.1) is 22.0 Å². The lowest BCUT2D eigenvalue weighted by Gasteiger charge is -2.00. The summed E-state index contributed by atoms with van der Waals surface area (Å²) in [5.41, 5.74) is 4.23. The number of nitrogens with zero attached hydrogens (tertiary/aromatic N) is 3. The van der Waals surface area contributed by atoms with Crippen molar-refractivity contribution in [3.63, 3.8) is 0 Å². The van der Waals surface area contributed by atoms with Gasteiger partial charge in [0.15, 0.2) is 8.68 Å². The molecular formula is C18H13Cl3N4OS3. The van der Waals surface area contributed by atoms with Crippen LogP contribution in [0.2, 0.25) is 15.1 Å². The minimum absolute atomic E-state index is 0.178. The number of carbonyl (C=O) groups is 1. The van der Waals surface area contributed by atoms with E-state index in [0.29, 0.717) is 20.6 Å². The molecule has 0 spiro atoms. The molecule has 29 heavy (non-hydrogen) atoms. The topological polar surface area (TPSA) is 67.2 Å². The van der Waals surface area contributed by atoms with Crippen LogP contribution in [0.5, 0.6) is 0 Å². The molecule has 0 unspecified atom stereocenters. The number of thioether (sulfide) groups is 2. The summed E-state index contributed by atoms with van der Waals surface area (Å²) in [5.74, 6) is 0.699. The molecule has 1 heterocycles. The number of benzene rings is 2. The van der Waals surface area contributed by atoms with E-state index in [0.717, 1.165) is 20.0 Å². The van der Waals surface area contributed by atoms with Crippen molar-refractivity contribution in [3.05, 3.63) is 68.7 Å². The molecule has 1 amide bonds. The zero-order valence-electron chi connectivity index (χ0n) is 14.6. The fourth-order valence-electron chi connectivity index (χ4n) is 1.99. The Hall–Kier alpha value is -1.29. The average molecular weight is 504 g/mol. The lowest BCUT2D eigenvalue weighted by molar-refractivity contribution is -0.118. The highest BCUT2D eigenvalue weighted by atomic mass is 35.5. The highest BCUT2D eigenvalue weighted by Gasteiger charge is 2.09. The molecule has 150 valence electrons. The standard InChI is InChI=1S/C18H13Cl3N4OS3/c19-13-6-4-11(5-7-13)9-27-17-24-25-18(29-17)28-10-15(26)23-22-8-12-2-1-3-14(20)16(12)21/h1-8H,9-10H2,(H,23,26). The van der Waals surface area contributed by atoms with E-state index >= 15 is 0 Å². The Bertz CT molecular complexity index is 1010. The second kappa shape index (κ2) is 11.2. The summed E-state index contributed by atoms with van der Waals surface area (Å²) in [7, 11) is 0. The molecule has 0 fully saturated rings. The van der Waals surface area contributed by atoms with E-state index in [-0.39, 0.29) is 11.7 Å². The molecular weight excluding hydrogens is 491 g/mol. The second-order valence-electron chi connectivity index (χ2n) is 5.47. The van der Waals surface area contributed by atoms with E-state index in [1.165, 1.54) is 29.3 Å². The summed E-state index contributed by atoms with van der Waals surface area (Å²) < 4.78 is 1.57. The zero-order valence-corrected chi connectivity index (χ0v) is 19.4. The SMILES string of the molecule is O=C(CSc1nnc(SCc2ccc(Cl)cc2)s1)NN=Cc1cccc(Cl)c1Cl. The summed E-state index contributed by atoms with van der Waals surface area (Å²) in [6.07, 6.45) is 1.45. The molecule has 0 saturated carbocycles. The Morgan fingerprint density at radius 2 is 1.79 bits per heavy atom. The minimum atomic E-state index is -0.255. The summed E-state index contributed by atoms with van der Waals surface area (Å²) >= 11 is 22.2. The number of hydrogen-bond acceptors (Lipinski definition) is 7. The number of aromatic nitrogens is 2. The molecule has 0 atom stereocenters. The van der Waals surface area contributed by atoms with Gasteiger partial charge in [0.25, 0.3) is 5.91 Å². The number of halogens is 3. The van der Waals surface area contributed by atoms with Gasteiger partial charge in [-0.05, 0) is 23.8 Å². The summed E-state index contributed by atoms with van der Waals surface area (Å²) in [4.78, 5) is 11.9. The third-order valence-corrected chi connectivity index (χ3v) is 7.71. The predicted molar refractivity (Wildman–Crippen MR) is 124 cm³/mol. The van der Waals surface area contributed by atoms with Gasteiger partial charge in [-0.3, -0.25) is 4.79 Å². The molecule has 2 aromatic carbocycles. The van der Waals surface area contributed by atoms with Gasteiger partial charge in [0, 0.05) is 16.3 Å². The molecule has 3 aromatic rings. The van der Waals surface area contributed by atoms with Crippen molar-refractivity contribution in [2.45, 2.75) is 14.4 Å². The summed E-state index contributed by atoms with van der Waals surface area (Å²) in [5, 5.41) is 13.7. The van der Waals surface area contributed by atoms with Gasteiger partial charge in [-0.1, -0.05) is 93.9 Å². The van der Waals surface area contributed by atoms with Crippen molar-refractivity contribution < 1.29 is 4.79 Å². The van der Waals surface area contributed by atoms with Gasteiger partial charge < -0.3 is 0 Å². The average Bonchev–Trinajstić information content (AvgIpc) is 3.17. The minimum Gasteiger partial charge on any atom is -0.272 e. The van der Waals surface area contributed by atoms with Crippen molar-refractivity contribution in [3.8, 4) is 0 Å². The Morgan fingerprint density at radius 1 is 1.07 bits per heavy atom. The van der Waals surface area contributed by atoms with Crippen molar-refractivity contribution in [2.24, 2.45) is 5.10 Å². The van der Waals surface area contributed by atoms with Crippen molar-refractivity contribution in [1.29, 1.82) is 0 Å². The first-order valence-corrected chi connectivity index (χ1v) is 12.0. The maximum atomic E-state index is 11.9. The first-order chi connectivity index (χ1) is 14.0. The fourth-order valence-corrected chi connectivity index (χ4v) is 5.24. The number of nitrogens with one attached hydrogen (secondary N) is 1. The van der Waals surface area contributed by atoms with E-state index in [1.54, 1.807) is 30.0 Å². The van der Waals surface area contributed by atoms with Crippen LogP contribution >= 0.6 is 69.7 Å². The molecule has 5 nitrogen and oxygen atoms in total. The Labute approximate surface area is 195 Å². The lowest BCUT2D eigenvalue weighted by Crippen LogP contribution is -2.19. The van der Waals surface area contributed by atoms with Crippen LogP contribution in [0.3, 0.4) is 0 Å². The number of hydrazone groups is 1. The van der Waals surface area contributed by atoms with Crippen LogP contribution in [-0.2, 0) is 10.5 Å². The quantitative estimate of drug-likeness (QED) is 0.231. The van der Waals surface area contributed by atoms with E-state index in [4.69, 9.17) is 34.8 Å². The second-order valence-corrected chi connectivity index (χ2v) is 10.1. The van der Waals surface area contributed by atoms with Crippen LogP contribution in [0.1, 0.15) is 11.1 Å². The molecule has 0 saturated heterocycles. The van der Waals surface area contributed by atoms with Gasteiger partial charge in [0.1, 0.15) is 0 Å². The molecule has 0 bridgehead atoms. The van der Waals surface area contributed by atoms with Gasteiger partial charge in [-0.15, -0.1) is 10.2 Å². The third kappa shape index (κ3) is 7.16. The van der Waals surface area contributed by atoms with E-state index in [1.807, 2.05) is 24.3 Å². The fraction of sp³-hybridized carbons (Fsp3) is 0.111. The third-order valence-electron chi connectivity index (χ3n) is 3.36. The maximum Gasteiger partial charge on any atom is 0.250 e. The van der Waals surface area contributed by atoms with Crippen LogP contribution in [0.4, 0.5) is 0 Å². The molecule has 0 aliphatic rings. The molecule has 11 heteroatoms. The monoisotopic (exact) mass is 502 g/mol. The number of carbonyl (C=O) groups excluding carboxylic acids is 1. The zero-order chi connectivity index (χ0) is 20.6. The first-order valence-electron chi connectivity index (χ1n) is 8.11. The number of amides is 1. The van der Waals surface area contributed by atoms with Crippen LogP contribution in [0, 0.1) is 0 Å². The van der Waals surface area contributed by atoms with Crippen LogP contribution in [0.25, 0.3) is 0 Å². The van der Waals surface area contributed by atoms with Gasteiger partial charge >= 0.3 is 0 Å². The molecule has 3 rings (SSSR count). The van der Waals surface area contributed by atoms with Crippen LogP contribution in [-0.4, -0.2) is 28.1 Å². The summed E-state index contributed by atoms with van der Waals surface area (Å²) in [6, 6.07) is 12.9. The highest BCUT2D eigenvalue weighted by molar-refractivity contribution is 8.03. The van der Waals surface area contributed by atoms with Gasteiger partial charge in [0.2, 0.25) is 0 Å². The number of hydrogen-bond donors (Lipinski definition) is 1. The molecule has 0 radical (unpaired) electrons. The Balaban J connectivity index is 1.43. The summed E-state index contributed by atoms with van der Waals surface area (Å²) in [6.45, 7) is 0. The molecule has 0 aliphatic carbocycles. The lowest BCUT2D eigenvalue weighted by atomic mass is 10.2. The molecule has 1 aromatic heterocycles. The van der Waals surface area contributed by atoms with Crippen molar-refractivity contribution in [1.82, 2.24) is 15.6 Å². The van der Waals surface area contributed by atoms with Gasteiger partial charge in [-0.2, -0.15) is 5.10 Å². The van der Waals surface area contributed by atoms with E-state index in [9.17, 15) is 4.79 Å². The van der Waals surface area contributed by atoms with Gasteiger partial charge in [-0.25, -0.2) is 5.43 Å². The van der Waals surface area contributed by atoms with E-state index < -0.39 is 0 Å². The normalized spacial score (nSPS) is 11.1. The van der Waals surface area contributed by atoms with Crippen molar-refractivity contribution in [2.75, 3.05) is 5.75 Å². The largest absolute Gasteiger partial charge is 0.272 e. The van der Waals surface area contributed by atoms with E-state index in [2.05, 4.69) is 20.7 Å². The van der Waals surface area contributed by atoms with Crippen molar-refractivity contribution >= 4 is 81.8 Å². The highest BCUT2D eigenvalue weighted by Crippen LogP contribution is 2.30. The smallest absolute Gasteiger partial charge is 0.250 e. The Morgan fingerprint density at radius 3 is 2.55 bits per heavy atom. The Kier molecular flexibility index (Phi) is 8.65. The predicted octanol–water partition coefficient (Wildman–Crippen LogP) is 6.03. The maximum absolute atomic E-state index is 11.9. The molecule has 1 N–H and O–H groups in total. The van der Waals surface area contributed by atoms with Crippen LogP contribution < -0.4 is 5.43 Å². The number of rotatable bonds is 8.